The number of aliphatic hydroxyl groups excluding tert-OH is 2. The topological polar surface area (TPSA) is 465 Å². The van der Waals surface area contributed by atoms with E-state index in [2.05, 4.69) is 52.5 Å². The predicted molar refractivity (Wildman–Crippen MR) is 236 cm³/mol. The Labute approximate surface area is 377 Å². The SMILES string of the molecule is CC(=O)N[C@@H](CC(C)C)C(=O)N[C@@H](CCCN=C(N)N)C(=O)N[C@@H](CO)C(=O)N[C@@H](CCCCN)C(=O)N[C@@H](CO)C(=O)N[C@@H](CCCN=C(N)N)C(=O)N[C@@H](C)C(=O)N[C@@H](C)C(=O)O. The molecule has 0 aromatic carbocycles. The number of rotatable bonds is 32. The van der Waals surface area contributed by atoms with Crippen LogP contribution in [0, 0.1) is 5.92 Å². The minimum absolute atomic E-state index is 0.0276. The standard InChI is InChI=1S/C38H71N15O12/c1-19(2)16-26(48-22(5)56)33(61)49-25(12-9-15-45-38(42)43)32(60)53-27(17-54)34(62)50-23(10-6-7-13-39)31(59)52-28(18-55)35(63)51-24(11-8-14-44-37(40)41)30(58)46-20(3)29(57)47-21(4)36(64)65/h19-21,23-28,54-55H,6-18,39H2,1-5H3,(H,46,58)(H,47,57)(H,48,56)(H,49,61)(H,50,62)(H,51,63)(H,52,59)(H,53,60)(H,64,65)(H4,40,41,44)(H4,42,43,45)/t20-,21-,23-,24-,25-,26-,27-,28-/m0/s1. The quantitative estimate of drug-likeness (QED) is 0.0169. The van der Waals surface area contributed by atoms with Crippen LogP contribution in [-0.2, 0) is 43.2 Å². The molecule has 0 bridgehead atoms. The Morgan fingerprint density at radius 3 is 1.18 bits per heavy atom. The Morgan fingerprint density at radius 2 is 0.831 bits per heavy atom. The van der Waals surface area contributed by atoms with Gasteiger partial charge in [-0.3, -0.25) is 53.1 Å². The molecule has 0 aromatic heterocycles. The van der Waals surface area contributed by atoms with Gasteiger partial charge in [0, 0.05) is 20.0 Å². The Bertz CT molecular complexity index is 1660. The number of aliphatic imine (C=N–C) groups is 2. The lowest BCUT2D eigenvalue weighted by molar-refractivity contribution is -0.141. The maximum absolute atomic E-state index is 13.7. The van der Waals surface area contributed by atoms with Crippen LogP contribution in [0.2, 0.25) is 0 Å². The van der Waals surface area contributed by atoms with E-state index in [9.17, 15) is 53.4 Å². The average molecular weight is 930 g/mol. The number of carboxylic acids is 1. The molecule has 0 unspecified atom stereocenters. The number of hydrogen-bond acceptors (Lipinski definition) is 14. The summed E-state index contributed by atoms with van der Waals surface area (Å²) >= 11 is 0. The molecule has 0 aliphatic heterocycles. The fourth-order valence-electron chi connectivity index (χ4n) is 5.78. The third-order valence-electron chi connectivity index (χ3n) is 9.25. The van der Waals surface area contributed by atoms with Crippen LogP contribution in [0.15, 0.2) is 9.98 Å². The van der Waals surface area contributed by atoms with Crippen molar-refractivity contribution >= 4 is 65.1 Å². The highest BCUT2D eigenvalue weighted by Gasteiger charge is 2.33. The molecule has 370 valence electrons. The van der Waals surface area contributed by atoms with E-state index in [1.807, 2.05) is 13.8 Å². The van der Waals surface area contributed by atoms with E-state index in [1.165, 1.54) is 20.8 Å². The van der Waals surface area contributed by atoms with E-state index < -0.39 is 115 Å². The van der Waals surface area contributed by atoms with Gasteiger partial charge in [0.05, 0.1) is 13.2 Å². The molecule has 27 nitrogen and oxygen atoms in total. The fourth-order valence-corrected chi connectivity index (χ4v) is 5.78. The Hall–Kier alpha value is -6.35. The Kier molecular flexibility index (Phi) is 28.4. The number of carboxylic acid groups (broad SMARTS) is 1. The number of amides is 8. The number of aliphatic hydroxyl groups is 2. The van der Waals surface area contributed by atoms with Gasteiger partial charge in [0.25, 0.3) is 0 Å². The molecule has 8 amide bonds. The van der Waals surface area contributed by atoms with Crippen molar-refractivity contribution in [2.24, 2.45) is 44.6 Å². The number of aliphatic carboxylic acids is 1. The normalized spacial score (nSPS) is 14.5. The van der Waals surface area contributed by atoms with Crippen LogP contribution in [0.4, 0.5) is 0 Å². The number of nitrogens with one attached hydrogen (secondary N) is 8. The molecular weight excluding hydrogens is 859 g/mol. The number of hydrogen-bond donors (Lipinski definition) is 16. The molecule has 0 fully saturated rings. The summed E-state index contributed by atoms with van der Waals surface area (Å²) in [6.45, 7) is 5.70. The zero-order valence-electron chi connectivity index (χ0n) is 37.7. The van der Waals surface area contributed by atoms with Gasteiger partial charge in [0.2, 0.25) is 47.3 Å². The predicted octanol–water partition coefficient (Wildman–Crippen LogP) is -6.72. The van der Waals surface area contributed by atoms with Crippen molar-refractivity contribution in [3.05, 3.63) is 0 Å². The molecule has 65 heavy (non-hydrogen) atoms. The number of nitrogens with zero attached hydrogens (tertiary/aromatic N) is 2. The molecule has 0 radical (unpaired) electrons. The van der Waals surface area contributed by atoms with Gasteiger partial charge in [-0.05, 0) is 77.7 Å². The second kappa shape index (κ2) is 31.5. The van der Waals surface area contributed by atoms with E-state index >= 15 is 0 Å². The summed E-state index contributed by atoms with van der Waals surface area (Å²) in [6, 6.07) is -11.1. The molecule has 0 rings (SSSR count). The molecule has 0 heterocycles. The summed E-state index contributed by atoms with van der Waals surface area (Å²) in [5.74, 6) is -8.72. The van der Waals surface area contributed by atoms with Gasteiger partial charge in [0.15, 0.2) is 11.9 Å². The molecule has 0 saturated heterocycles. The van der Waals surface area contributed by atoms with Crippen LogP contribution in [0.3, 0.4) is 0 Å². The maximum atomic E-state index is 13.7. The summed E-state index contributed by atoms with van der Waals surface area (Å²) in [5.41, 5.74) is 27.2. The highest BCUT2D eigenvalue weighted by atomic mass is 16.4. The summed E-state index contributed by atoms with van der Waals surface area (Å²) < 4.78 is 0. The summed E-state index contributed by atoms with van der Waals surface area (Å²) in [5, 5.41) is 48.7. The molecule has 27 heteroatoms. The molecule has 21 N–H and O–H groups in total. The molecule has 0 aromatic rings. The van der Waals surface area contributed by atoms with Gasteiger partial charge in [-0.15, -0.1) is 0 Å². The van der Waals surface area contributed by atoms with Gasteiger partial charge >= 0.3 is 5.97 Å². The number of unbranched alkanes of at least 4 members (excludes halogenated alkanes) is 1. The van der Waals surface area contributed by atoms with Gasteiger partial charge in [-0.25, -0.2) is 0 Å². The Morgan fingerprint density at radius 1 is 0.477 bits per heavy atom. The van der Waals surface area contributed by atoms with Gasteiger partial charge in [-0.1, -0.05) is 13.8 Å². The van der Waals surface area contributed by atoms with Crippen LogP contribution < -0.4 is 71.2 Å². The first-order chi connectivity index (χ1) is 30.5. The second-order valence-corrected chi connectivity index (χ2v) is 15.5. The van der Waals surface area contributed by atoms with Gasteiger partial charge < -0.3 is 86.5 Å². The van der Waals surface area contributed by atoms with Crippen molar-refractivity contribution in [3.63, 3.8) is 0 Å². The highest BCUT2D eigenvalue weighted by molar-refractivity contribution is 5.98. The Balaban J connectivity index is 6.29. The highest BCUT2D eigenvalue weighted by Crippen LogP contribution is 2.09. The van der Waals surface area contributed by atoms with E-state index in [0.29, 0.717) is 6.42 Å². The van der Waals surface area contributed by atoms with Crippen molar-refractivity contribution < 1.29 is 58.5 Å². The summed E-state index contributed by atoms with van der Waals surface area (Å²) in [4.78, 5) is 124. The lowest BCUT2D eigenvalue weighted by Gasteiger charge is -2.27. The van der Waals surface area contributed by atoms with E-state index in [1.54, 1.807) is 0 Å². The average Bonchev–Trinajstić information content (AvgIpc) is 3.22. The lowest BCUT2D eigenvalue weighted by Crippen LogP contribution is -2.61. The molecule has 8 atom stereocenters. The van der Waals surface area contributed by atoms with Crippen molar-refractivity contribution in [2.45, 2.75) is 134 Å². The first-order valence-corrected chi connectivity index (χ1v) is 21.1. The van der Waals surface area contributed by atoms with Crippen molar-refractivity contribution in [2.75, 3.05) is 32.8 Å². The first-order valence-electron chi connectivity index (χ1n) is 21.1. The third kappa shape index (κ3) is 24.9. The molecule has 0 aliphatic carbocycles. The maximum Gasteiger partial charge on any atom is 0.325 e. The molecule has 0 spiro atoms. The summed E-state index contributed by atoms with van der Waals surface area (Å²) in [6.07, 6.45) is 0.974. The summed E-state index contributed by atoms with van der Waals surface area (Å²) in [7, 11) is 0. The van der Waals surface area contributed by atoms with Gasteiger partial charge in [-0.2, -0.15) is 0 Å². The fraction of sp³-hybridized carbons (Fsp3) is 0.711. The van der Waals surface area contributed by atoms with E-state index in [-0.39, 0.29) is 82.4 Å². The lowest BCUT2D eigenvalue weighted by atomic mass is 10.0. The molecule has 0 saturated carbocycles. The van der Waals surface area contributed by atoms with E-state index in [4.69, 9.17) is 33.8 Å². The van der Waals surface area contributed by atoms with Crippen molar-refractivity contribution in [1.82, 2.24) is 42.5 Å². The zero-order chi connectivity index (χ0) is 49.8. The first kappa shape index (κ1) is 58.6. The monoisotopic (exact) mass is 930 g/mol. The van der Waals surface area contributed by atoms with Crippen molar-refractivity contribution in [3.8, 4) is 0 Å². The largest absolute Gasteiger partial charge is 0.480 e. The van der Waals surface area contributed by atoms with Crippen LogP contribution in [-0.4, -0.2) is 162 Å². The van der Waals surface area contributed by atoms with Crippen LogP contribution in [0.5, 0.6) is 0 Å². The number of nitrogens with two attached hydrogens (primary N) is 5. The molecular formula is C38H71N15O12. The second-order valence-electron chi connectivity index (χ2n) is 15.5. The number of carbonyl (C=O) groups is 9. The van der Waals surface area contributed by atoms with Crippen LogP contribution in [0.25, 0.3) is 0 Å². The van der Waals surface area contributed by atoms with Crippen LogP contribution in [0.1, 0.15) is 86.0 Å². The minimum atomic E-state index is -1.71. The smallest absolute Gasteiger partial charge is 0.325 e. The van der Waals surface area contributed by atoms with E-state index in [0.717, 1.165) is 0 Å². The molecule has 0 aliphatic rings. The third-order valence-corrected chi connectivity index (χ3v) is 9.25. The number of carbonyl (C=O) groups excluding carboxylic acids is 8. The number of guanidine groups is 2. The van der Waals surface area contributed by atoms with Crippen LogP contribution >= 0.6 is 0 Å². The van der Waals surface area contributed by atoms with Crippen molar-refractivity contribution in [1.29, 1.82) is 0 Å². The zero-order valence-corrected chi connectivity index (χ0v) is 37.7. The van der Waals surface area contributed by atoms with Gasteiger partial charge in [0.1, 0.15) is 48.3 Å². The minimum Gasteiger partial charge on any atom is -0.480 e.